The Balaban J connectivity index is 1.52. The monoisotopic (exact) mass is 416 g/mol. The molecule has 2 aromatic heterocycles. The zero-order valence-electron chi connectivity index (χ0n) is 16.9. The molecule has 0 spiro atoms. The van der Waals surface area contributed by atoms with Crippen molar-refractivity contribution in [3.8, 4) is 11.5 Å². The van der Waals surface area contributed by atoms with Crippen molar-refractivity contribution in [2.75, 3.05) is 0 Å². The molecular formula is C25H21ClN2O2. The lowest BCUT2D eigenvalue weighted by Crippen LogP contribution is -2.08. The second kappa shape index (κ2) is 8.64. The minimum absolute atomic E-state index is 0.0874. The number of hydrogen-bond acceptors (Lipinski definition) is 4. The number of ether oxygens (including phenoxy) is 1. The number of rotatable bonds is 6. The molecule has 0 unspecified atom stereocenters. The standard InChI is InChI=1S/C25H21ClN2O2/c1-16-12-21-22(13-17(16)2)27-11-10-23(21)30-24-9-8-19(28-25(24)26)15-20(29)14-18-6-4-3-5-7-18/h3-13H,14-15H2,1-2H3. The number of pyridine rings is 2. The molecule has 4 rings (SSSR count). The third-order valence-electron chi connectivity index (χ3n) is 5.03. The van der Waals surface area contributed by atoms with Gasteiger partial charge in [0.05, 0.1) is 5.52 Å². The summed E-state index contributed by atoms with van der Waals surface area (Å²) in [6.45, 7) is 4.12. The Hall–Kier alpha value is -3.24. The summed E-state index contributed by atoms with van der Waals surface area (Å²) in [4.78, 5) is 21.1. The molecule has 0 saturated heterocycles. The van der Waals surface area contributed by atoms with E-state index in [4.69, 9.17) is 16.3 Å². The molecule has 0 aliphatic heterocycles. The van der Waals surface area contributed by atoms with Crippen LogP contribution in [0.25, 0.3) is 10.9 Å². The van der Waals surface area contributed by atoms with Crippen molar-refractivity contribution in [3.05, 3.63) is 94.4 Å². The Morgan fingerprint density at radius 1 is 0.933 bits per heavy atom. The van der Waals surface area contributed by atoms with E-state index in [9.17, 15) is 4.79 Å². The van der Waals surface area contributed by atoms with Crippen LogP contribution in [-0.2, 0) is 17.6 Å². The van der Waals surface area contributed by atoms with E-state index in [1.807, 2.05) is 42.5 Å². The number of carbonyl (C=O) groups is 1. The molecule has 5 heteroatoms. The number of aryl methyl sites for hydroxylation is 2. The maximum absolute atomic E-state index is 12.4. The summed E-state index contributed by atoms with van der Waals surface area (Å²) in [6.07, 6.45) is 2.32. The van der Waals surface area contributed by atoms with Crippen LogP contribution in [0.4, 0.5) is 0 Å². The fraction of sp³-hybridized carbons (Fsp3) is 0.160. The summed E-state index contributed by atoms with van der Waals surface area (Å²) < 4.78 is 6.05. The molecule has 0 aliphatic carbocycles. The molecule has 0 saturated carbocycles. The van der Waals surface area contributed by atoms with Gasteiger partial charge in [-0.15, -0.1) is 0 Å². The highest BCUT2D eigenvalue weighted by Crippen LogP contribution is 2.33. The predicted octanol–water partition coefficient (Wildman–Crippen LogP) is 6.05. The van der Waals surface area contributed by atoms with Gasteiger partial charge in [-0.1, -0.05) is 41.9 Å². The number of ketones is 1. The quantitative estimate of drug-likeness (QED) is 0.359. The van der Waals surface area contributed by atoms with Gasteiger partial charge in [-0.05, 0) is 60.9 Å². The first-order valence-electron chi connectivity index (χ1n) is 9.74. The molecule has 0 amide bonds. The van der Waals surface area contributed by atoms with Crippen LogP contribution in [0.3, 0.4) is 0 Å². The lowest BCUT2D eigenvalue weighted by Gasteiger charge is -2.12. The Bertz CT molecular complexity index is 1220. The van der Waals surface area contributed by atoms with Gasteiger partial charge in [0.25, 0.3) is 0 Å². The maximum Gasteiger partial charge on any atom is 0.171 e. The van der Waals surface area contributed by atoms with E-state index in [-0.39, 0.29) is 17.4 Å². The topological polar surface area (TPSA) is 52.1 Å². The maximum atomic E-state index is 12.4. The fourth-order valence-electron chi connectivity index (χ4n) is 3.31. The summed E-state index contributed by atoms with van der Waals surface area (Å²) in [5.41, 5.74) is 4.82. The Kier molecular flexibility index (Phi) is 5.77. The molecule has 2 aromatic carbocycles. The highest BCUT2D eigenvalue weighted by atomic mass is 35.5. The molecule has 4 aromatic rings. The van der Waals surface area contributed by atoms with E-state index < -0.39 is 0 Å². The molecule has 0 atom stereocenters. The molecule has 4 nitrogen and oxygen atoms in total. The number of halogens is 1. The number of benzene rings is 2. The lowest BCUT2D eigenvalue weighted by atomic mass is 10.1. The van der Waals surface area contributed by atoms with Crippen LogP contribution < -0.4 is 4.74 Å². The molecule has 30 heavy (non-hydrogen) atoms. The molecule has 0 radical (unpaired) electrons. The van der Waals surface area contributed by atoms with E-state index in [1.54, 1.807) is 18.3 Å². The van der Waals surface area contributed by atoms with E-state index in [0.717, 1.165) is 22.0 Å². The first kappa shape index (κ1) is 20.0. The zero-order chi connectivity index (χ0) is 21.1. The molecule has 0 N–H and O–H groups in total. The zero-order valence-corrected chi connectivity index (χ0v) is 17.6. The minimum atomic E-state index is 0.0874. The van der Waals surface area contributed by atoms with Gasteiger partial charge in [-0.2, -0.15) is 0 Å². The Morgan fingerprint density at radius 3 is 2.47 bits per heavy atom. The van der Waals surface area contributed by atoms with Gasteiger partial charge >= 0.3 is 0 Å². The van der Waals surface area contributed by atoms with Crippen LogP contribution in [0.2, 0.25) is 5.15 Å². The largest absolute Gasteiger partial charge is 0.453 e. The molecule has 0 bridgehead atoms. The van der Waals surface area contributed by atoms with Gasteiger partial charge in [0.2, 0.25) is 0 Å². The number of carbonyl (C=O) groups excluding carboxylic acids is 1. The Morgan fingerprint density at radius 2 is 1.70 bits per heavy atom. The van der Waals surface area contributed by atoms with Crippen molar-refractivity contribution < 1.29 is 9.53 Å². The lowest BCUT2D eigenvalue weighted by molar-refractivity contribution is -0.117. The Labute approximate surface area is 180 Å². The van der Waals surface area contributed by atoms with E-state index in [2.05, 4.69) is 29.9 Å². The highest BCUT2D eigenvalue weighted by Gasteiger charge is 2.12. The molecule has 0 fully saturated rings. The minimum Gasteiger partial charge on any atom is -0.453 e. The second-order valence-corrected chi connectivity index (χ2v) is 7.69. The van der Waals surface area contributed by atoms with Gasteiger partial charge in [0.15, 0.2) is 10.9 Å². The van der Waals surface area contributed by atoms with Crippen LogP contribution in [0.1, 0.15) is 22.4 Å². The van der Waals surface area contributed by atoms with Crippen LogP contribution in [-0.4, -0.2) is 15.8 Å². The van der Waals surface area contributed by atoms with Crippen molar-refractivity contribution in [2.45, 2.75) is 26.7 Å². The normalized spacial score (nSPS) is 10.9. The van der Waals surface area contributed by atoms with Crippen molar-refractivity contribution in [2.24, 2.45) is 0 Å². The summed E-state index contributed by atoms with van der Waals surface area (Å²) in [5, 5.41) is 1.15. The third kappa shape index (κ3) is 4.50. The first-order chi connectivity index (χ1) is 14.5. The van der Waals surface area contributed by atoms with Crippen molar-refractivity contribution >= 4 is 28.3 Å². The smallest absolute Gasteiger partial charge is 0.171 e. The number of hydrogen-bond donors (Lipinski definition) is 0. The van der Waals surface area contributed by atoms with Crippen LogP contribution in [0.15, 0.2) is 66.9 Å². The summed E-state index contributed by atoms with van der Waals surface area (Å²) >= 11 is 6.37. The fourth-order valence-corrected chi connectivity index (χ4v) is 3.52. The van der Waals surface area contributed by atoms with E-state index >= 15 is 0 Å². The van der Waals surface area contributed by atoms with Gasteiger partial charge < -0.3 is 4.74 Å². The van der Waals surface area contributed by atoms with Crippen LogP contribution in [0.5, 0.6) is 11.5 Å². The van der Waals surface area contributed by atoms with E-state index in [0.29, 0.717) is 23.6 Å². The number of fused-ring (bicyclic) bond motifs is 1. The first-order valence-corrected chi connectivity index (χ1v) is 10.1. The SMILES string of the molecule is Cc1cc2nccc(Oc3ccc(CC(=O)Cc4ccccc4)nc3Cl)c2cc1C. The van der Waals surface area contributed by atoms with Gasteiger partial charge in [0.1, 0.15) is 11.5 Å². The van der Waals surface area contributed by atoms with Crippen molar-refractivity contribution in [3.63, 3.8) is 0 Å². The van der Waals surface area contributed by atoms with Crippen molar-refractivity contribution in [1.82, 2.24) is 9.97 Å². The van der Waals surface area contributed by atoms with Gasteiger partial charge in [-0.3, -0.25) is 9.78 Å². The highest BCUT2D eigenvalue weighted by molar-refractivity contribution is 6.30. The molecule has 0 aliphatic rings. The van der Waals surface area contributed by atoms with Gasteiger partial charge in [0, 0.05) is 30.1 Å². The molecule has 2 heterocycles. The van der Waals surface area contributed by atoms with Gasteiger partial charge in [-0.25, -0.2) is 4.98 Å². The number of nitrogens with zero attached hydrogens (tertiary/aromatic N) is 2. The van der Waals surface area contributed by atoms with Crippen molar-refractivity contribution in [1.29, 1.82) is 0 Å². The summed E-state index contributed by atoms with van der Waals surface area (Å²) in [5.74, 6) is 1.20. The second-order valence-electron chi connectivity index (χ2n) is 7.33. The van der Waals surface area contributed by atoms with Crippen LogP contribution >= 0.6 is 11.6 Å². The average Bonchev–Trinajstić information content (AvgIpc) is 2.72. The predicted molar refractivity (Wildman–Crippen MR) is 119 cm³/mol. The van der Waals surface area contributed by atoms with Crippen LogP contribution in [0, 0.1) is 13.8 Å². The molecular weight excluding hydrogens is 396 g/mol. The third-order valence-corrected chi connectivity index (χ3v) is 5.30. The summed E-state index contributed by atoms with van der Waals surface area (Å²) in [6, 6.07) is 19.1. The number of aromatic nitrogens is 2. The molecule has 150 valence electrons. The number of Topliss-reactive ketones (excluding diaryl/α,β-unsaturated/α-hetero) is 1. The van der Waals surface area contributed by atoms with E-state index in [1.165, 1.54) is 5.56 Å². The average molecular weight is 417 g/mol. The summed E-state index contributed by atoms with van der Waals surface area (Å²) in [7, 11) is 0.